The van der Waals surface area contributed by atoms with E-state index in [4.69, 9.17) is 29.2 Å². The van der Waals surface area contributed by atoms with Gasteiger partial charge in [0.05, 0.1) is 31.6 Å². The number of carbonyl (C=O) groups excluding carboxylic acids is 1. The molecule has 0 spiro atoms. The molecule has 0 bridgehead atoms. The van der Waals surface area contributed by atoms with Crippen molar-refractivity contribution in [2.24, 2.45) is 0 Å². The summed E-state index contributed by atoms with van der Waals surface area (Å²) in [7, 11) is 0. The first-order valence-corrected chi connectivity index (χ1v) is 13.2. The lowest BCUT2D eigenvalue weighted by molar-refractivity contribution is 0.0973. The van der Waals surface area contributed by atoms with Gasteiger partial charge in [0.15, 0.2) is 13.7 Å². The van der Waals surface area contributed by atoms with E-state index in [1.165, 1.54) is 22.7 Å². The molecule has 3 heterocycles. The molecule has 6 rings (SSSR count). The minimum Gasteiger partial charge on any atom is -0.466 e. The fourth-order valence-corrected chi connectivity index (χ4v) is 6.33. The zero-order chi connectivity index (χ0) is 24.1. The lowest BCUT2D eigenvalue weighted by Gasteiger charge is -2.29. The molecule has 35 heavy (non-hydrogen) atoms. The number of ketones is 1. The zero-order valence-electron chi connectivity index (χ0n) is 18.3. The third-order valence-corrected chi connectivity index (χ3v) is 8.10. The Morgan fingerprint density at radius 1 is 0.914 bits per heavy atom. The van der Waals surface area contributed by atoms with Gasteiger partial charge in [-0.25, -0.2) is 0 Å². The van der Waals surface area contributed by atoms with Crippen LogP contribution in [-0.2, 0) is 0 Å². The molecular formula is C25H18N4O2S4. The second-order valence-corrected chi connectivity index (χ2v) is 11.6. The fraction of sp³-hybridized carbons (Fsp3) is 0.0800. The highest BCUT2D eigenvalue weighted by Gasteiger charge is 2.32. The van der Waals surface area contributed by atoms with Crippen LogP contribution in [0.5, 0.6) is 5.75 Å². The van der Waals surface area contributed by atoms with Crippen molar-refractivity contribution >= 4 is 84.7 Å². The van der Waals surface area contributed by atoms with Crippen LogP contribution in [0.3, 0.4) is 0 Å². The van der Waals surface area contributed by atoms with Crippen molar-refractivity contribution in [1.82, 2.24) is 9.97 Å². The van der Waals surface area contributed by atoms with E-state index in [2.05, 4.69) is 20.6 Å². The topological polar surface area (TPSA) is 81.9 Å². The van der Waals surface area contributed by atoms with Crippen LogP contribution in [0.1, 0.15) is 15.9 Å². The van der Waals surface area contributed by atoms with Crippen LogP contribution >= 0.6 is 47.1 Å². The number of carbonyl (C=O) groups is 1. The molecule has 0 fully saturated rings. The number of aromatic nitrogens is 2. The first kappa shape index (κ1) is 22.2. The quantitative estimate of drug-likeness (QED) is 0.141. The molecule has 0 aliphatic carbocycles. The molecule has 0 saturated heterocycles. The molecule has 6 nitrogen and oxygen atoms in total. The van der Waals surface area contributed by atoms with Crippen LogP contribution in [0.25, 0.3) is 20.4 Å². The minimum absolute atomic E-state index is 0.0864. The highest BCUT2D eigenvalue weighted by Crippen LogP contribution is 2.33. The standard InChI is InChI=1S/C25H18N4O2S4/c1-12-2-7-19-15(8-12)22(30)16(11-26-13-3-5-17-20(9-13)34-24(32)28-17)23(31-19)27-14-4-6-18-21(10-14)35-25(33)29-18/h2-11,23,26-27H,1H3,(H,28,32)(H,29,33)/b16-11-. The van der Waals surface area contributed by atoms with E-state index >= 15 is 0 Å². The van der Waals surface area contributed by atoms with E-state index in [9.17, 15) is 4.79 Å². The predicted molar refractivity (Wildman–Crippen MR) is 149 cm³/mol. The number of Topliss-reactive ketones (excluding diaryl/α,β-unsaturated/α-hetero) is 1. The van der Waals surface area contributed by atoms with Crippen LogP contribution < -0.4 is 15.4 Å². The molecule has 0 radical (unpaired) electrons. The molecule has 3 aromatic carbocycles. The summed E-state index contributed by atoms with van der Waals surface area (Å²) < 4.78 is 9.80. The number of hydrogen-bond acceptors (Lipinski definition) is 8. The van der Waals surface area contributed by atoms with Gasteiger partial charge in [-0.15, -0.1) is 22.7 Å². The third-order valence-electron chi connectivity index (χ3n) is 5.70. The van der Waals surface area contributed by atoms with Gasteiger partial charge in [-0.2, -0.15) is 0 Å². The number of fused-ring (bicyclic) bond motifs is 3. The van der Waals surface area contributed by atoms with Gasteiger partial charge in [0, 0.05) is 17.6 Å². The van der Waals surface area contributed by atoms with Gasteiger partial charge in [0.25, 0.3) is 0 Å². The molecule has 1 atom stereocenters. The Balaban J connectivity index is 1.37. The van der Waals surface area contributed by atoms with E-state index in [1.54, 1.807) is 6.20 Å². The maximum atomic E-state index is 13.6. The van der Waals surface area contributed by atoms with Gasteiger partial charge in [-0.05, 0) is 79.9 Å². The molecule has 4 N–H and O–H groups in total. The SMILES string of the molecule is Cc1ccc2c(c1)C(=O)/C(=C/Nc1ccc3[nH]c(=S)sc3c1)C(Nc1ccc3[nH]c(=S)sc3c1)O2. The number of hydrogen-bond donors (Lipinski definition) is 4. The highest BCUT2D eigenvalue weighted by atomic mass is 32.2. The van der Waals surface area contributed by atoms with Crippen molar-refractivity contribution in [2.75, 3.05) is 10.6 Å². The number of rotatable bonds is 4. The Morgan fingerprint density at radius 3 is 2.29 bits per heavy atom. The number of ether oxygens (including phenoxy) is 1. The number of aryl methyl sites for hydroxylation is 1. The second-order valence-electron chi connectivity index (χ2n) is 8.17. The number of H-pyrrole nitrogens is 2. The van der Waals surface area contributed by atoms with Gasteiger partial charge >= 0.3 is 0 Å². The van der Waals surface area contributed by atoms with Crippen LogP contribution in [0.4, 0.5) is 11.4 Å². The Bertz CT molecular complexity index is 1780. The molecule has 0 amide bonds. The molecule has 1 aliphatic rings. The van der Waals surface area contributed by atoms with E-state index in [0.29, 0.717) is 16.9 Å². The van der Waals surface area contributed by atoms with Crippen LogP contribution in [-0.4, -0.2) is 22.0 Å². The van der Waals surface area contributed by atoms with Crippen molar-refractivity contribution in [3.8, 4) is 5.75 Å². The summed E-state index contributed by atoms with van der Waals surface area (Å²) in [6, 6.07) is 17.5. The van der Waals surface area contributed by atoms with Crippen LogP contribution in [0.15, 0.2) is 66.4 Å². The highest BCUT2D eigenvalue weighted by molar-refractivity contribution is 7.74. The molecule has 174 valence electrons. The molecule has 0 saturated carbocycles. The molecule has 1 aliphatic heterocycles. The lowest BCUT2D eigenvalue weighted by atomic mass is 9.97. The largest absolute Gasteiger partial charge is 0.466 e. The Morgan fingerprint density at radius 2 is 1.57 bits per heavy atom. The predicted octanol–water partition coefficient (Wildman–Crippen LogP) is 7.55. The first-order valence-electron chi connectivity index (χ1n) is 10.7. The van der Waals surface area contributed by atoms with E-state index in [-0.39, 0.29) is 5.78 Å². The number of nitrogens with one attached hydrogen (secondary N) is 4. The minimum atomic E-state index is -0.674. The number of anilines is 2. The summed E-state index contributed by atoms with van der Waals surface area (Å²) in [4.78, 5) is 19.9. The lowest BCUT2D eigenvalue weighted by Crippen LogP contribution is -2.37. The summed E-state index contributed by atoms with van der Waals surface area (Å²) in [6.07, 6.45) is 1.05. The molecule has 10 heteroatoms. The van der Waals surface area contributed by atoms with E-state index in [1.807, 2.05) is 61.5 Å². The summed E-state index contributed by atoms with van der Waals surface area (Å²) in [5.41, 5.74) is 5.68. The van der Waals surface area contributed by atoms with Crippen LogP contribution in [0.2, 0.25) is 0 Å². The fourth-order valence-electron chi connectivity index (χ4n) is 4.02. The van der Waals surface area contributed by atoms with E-state index in [0.717, 1.165) is 45.3 Å². The van der Waals surface area contributed by atoms with Crippen LogP contribution in [0, 0.1) is 14.8 Å². The Hall–Kier alpha value is -3.31. The smallest absolute Gasteiger partial charge is 0.201 e. The van der Waals surface area contributed by atoms with Gasteiger partial charge in [-0.3, -0.25) is 4.79 Å². The number of aromatic amines is 2. The summed E-state index contributed by atoms with van der Waals surface area (Å²) >= 11 is 13.5. The van der Waals surface area contributed by atoms with Gasteiger partial charge < -0.3 is 25.3 Å². The summed E-state index contributed by atoms with van der Waals surface area (Å²) in [6.45, 7) is 1.96. The summed E-state index contributed by atoms with van der Waals surface area (Å²) in [5, 5.41) is 6.66. The van der Waals surface area contributed by atoms with Gasteiger partial charge in [0.1, 0.15) is 5.75 Å². The third kappa shape index (κ3) is 4.30. The van der Waals surface area contributed by atoms with E-state index < -0.39 is 6.23 Å². The van der Waals surface area contributed by atoms with Crippen molar-refractivity contribution in [2.45, 2.75) is 13.2 Å². The normalized spacial score (nSPS) is 16.4. The summed E-state index contributed by atoms with van der Waals surface area (Å²) in [5.74, 6) is 0.471. The zero-order valence-corrected chi connectivity index (χ0v) is 21.6. The average Bonchev–Trinajstić information content (AvgIpc) is 3.39. The molecule has 2 aromatic heterocycles. The average molecular weight is 535 g/mol. The first-order chi connectivity index (χ1) is 16.9. The second kappa shape index (κ2) is 8.72. The van der Waals surface area contributed by atoms with Gasteiger partial charge in [0.2, 0.25) is 6.23 Å². The van der Waals surface area contributed by atoms with Crippen molar-refractivity contribution in [1.29, 1.82) is 0 Å². The maximum Gasteiger partial charge on any atom is 0.201 e. The molecular weight excluding hydrogens is 517 g/mol. The van der Waals surface area contributed by atoms with Crippen molar-refractivity contribution < 1.29 is 9.53 Å². The number of benzene rings is 3. The van der Waals surface area contributed by atoms with Gasteiger partial charge in [-0.1, -0.05) is 11.6 Å². The molecule has 1 unspecified atom stereocenters. The maximum absolute atomic E-state index is 13.6. The Labute approximate surface area is 218 Å². The monoisotopic (exact) mass is 534 g/mol. The van der Waals surface area contributed by atoms with Crippen molar-refractivity contribution in [3.05, 3.63) is 85.4 Å². The van der Waals surface area contributed by atoms with Crippen molar-refractivity contribution in [3.63, 3.8) is 0 Å². The molecule has 5 aromatic rings. The Kier molecular flexibility index (Phi) is 5.53. The number of thiazole rings is 2.